The molecule has 17 heavy (non-hydrogen) atoms. The SMILES string of the molecule is COc1ccccc1-c1cc(=O)c(C)c(C)[nH]1. The van der Waals surface area contributed by atoms with Gasteiger partial charge in [0.25, 0.3) is 0 Å². The molecule has 0 aliphatic carbocycles. The normalized spacial score (nSPS) is 10.3. The predicted molar refractivity (Wildman–Crippen MR) is 68.5 cm³/mol. The van der Waals surface area contributed by atoms with Crippen molar-refractivity contribution in [2.24, 2.45) is 0 Å². The highest BCUT2D eigenvalue weighted by Gasteiger charge is 2.08. The molecule has 0 unspecified atom stereocenters. The molecule has 1 aromatic heterocycles. The third kappa shape index (κ3) is 2.09. The average molecular weight is 229 g/mol. The lowest BCUT2D eigenvalue weighted by atomic mass is 10.1. The number of aryl methyl sites for hydroxylation is 1. The van der Waals surface area contributed by atoms with Crippen molar-refractivity contribution in [3.63, 3.8) is 0 Å². The lowest BCUT2D eigenvalue weighted by Gasteiger charge is -2.10. The minimum atomic E-state index is 0.0437. The molecule has 88 valence electrons. The van der Waals surface area contributed by atoms with Gasteiger partial charge in [0.1, 0.15) is 5.75 Å². The number of aromatic nitrogens is 1. The second-order valence-corrected chi connectivity index (χ2v) is 4.00. The van der Waals surface area contributed by atoms with Crippen LogP contribution < -0.4 is 10.2 Å². The van der Waals surface area contributed by atoms with E-state index in [1.54, 1.807) is 13.2 Å². The van der Waals surface area contributed by atoms with Gasteiger partial charge in [0.2, 0.25) is 0 Å². The molecule has 0 atom stereocenters. The molecule has 0 aliphatic rings. The van der Waals surface area contributed by atoms with Gasteiger partial charge in [-0.2, -0.15) is 0 Å². The summed E-state index contributed by atoms with van der Waals surface area (Å²) in [5, 5.41) is 0. The molecule has 1 aromatic carbocycles. The number of nitrogens with one attached hydrogen (secondary N) is 1. The van der Waals surface area contributed by atoms with Crippen LogP contribution in [0.1, 0.15) is 11.3 Å². The fourth-order valence-corrected chi connectivity index (χ4v) is 1.77. The Hall–Kier alpha value is -2.03. The molecule has 0 bridgehead atoms. The first-order valence-electron chi connectivity index (χ1n) is 5.47. The van der Waals surface area contributed by atoms with E-state index in [9.17, 15) is 4.79 Å². The van der Waals surface area contributed by atoms with Crippen LogP contribution in [0.25, 0.3) is 11.3 Å². The van der Waals surface area contributed by atoms with Crippen LogP contribution in [0.2, 0.25) is 0 Å². The van der Waals surface area contributed by atoms with Gasteiger partial charge in [-0.25, -0.2) is 0 Å². The number of hydrogen-bond donors (Lipinski definition) is 1. The monoisotopic (exact) mass is 229 g/mol. The number of pyridine rings is 1. The molecule has 1 heterocycles. The summed E-state index contributed by atoms with van der Waals surface area (Å²) in [6.45, 7) is 3.72. The van der Waals surface area contributed by atoms with Gasteiger partial charge < -0.3 is 9.72 Å². The number of methoxy groups -OCH3 is 1. The van der Waals surface area contributed by atoms with Crippen LogP contribution in [0.15, 0.2) is 35.1 Å². The summed E-state index contributed by atoms with van der Waals surface area (Å²) < 4.78 is 5.29. The van der Waals surface area contributed by atoms with Gasteiger partial charge in [-0.1, -0.05) is 12.1 Å². The van der Waals surface area contributed by atoms with Crippen molar-refractivity contribution in [2.45, 2.75) is 13.8 Å². The van der Waals surface area contributed by atoms with Gasteiger partial charge in [-0.05, 0) is 26.0 Å². The van der Waals surface area contributed by atoms with Crippen molar-refractivity contribution in [1.29, 1.82) is 0 Å². The van der Waals surface area contributed by atoms with Gasteiger partial charge in [0, 0.05) is 22.9 Å². The zero-order chi connectivity index (χ0) is 12.4. The molecule has 0 aliphatic heterocycles. The number of rotatable bonds is 2. The summed E-state index contributed by atoms with van der Waals surface area (Å²) in [5.74, 6) is 0.756. The minimum Gasteiger partial charge on any atom is -0.496 e. The number of H-pyrrole nitrogens is 1. The van der Waals surface area contributed by atoms with Crippen molar-refractivity contribution in [2.75, 3.05) is 7.11 Å². The van der Waals surface area contributed by atoms with E-state index in [1.807, 2.05) is 38.1 Å². The summed E-state index contributed by atoms with van der Waals surface area (Å²) >= 11 is 0. The van der Waals surface area contributed by atoms with E-state index in [1.165, 1.54) is 0 Å². The number of para-hydroxylation sites is 1. The lowest BCUT2D eigenvalue weighted by Crippen LogP contribution is -2.08. The fourth-order valence-electron chi connectivity index (χ4n) is 1.77. The summed E-state index contributed by atoms with van der Waals surface area (Å²) in [7, 11) is 1.62. The maximum Gasteiger partial charge on any atom is 0.185 e. The smallest absolute Gasteiger partial charge is 0.185 e. The largest absolute Gasteiger partial charge is 0.496 e. The number of hydrogen-bond acceptors (Lipinski definition) is 2. The molecule has 1 N–H and O–H groups in total. The Kier molecular flexibility index (Phi) is 3.00. The van der Waals surface area contributed by atoms with Crippen molar-refractivity contribution in [1.82, 2.24) is 4.98 Å². The third-order valence-corrected chi connectivity index (χ3v) is 2.93. The Morgan fingerprint density at radius 3 is 2.53 bits per heavy atom. The first-order valence-corrected chi connectivity index (χ1v) is 5.47. The van der Waals surface area contributed by atoms with Crippen LogP contribution in [0.3, 0.4) is 0 Å². The van der Waals surface area contributed by atoms with Crippen LogP contribution >= 0.6 is 0 Å². The number of ether oxygens (including phenoxy) is 1. The Balaban J connectivity index is 2.65. The molecule has 0 spiro atoms. The Morgan fingerprint density at radius 2 is 1.88 bits per heavy atom. The van der Waals surface area contributed by atoms with E-state index in [-0.39, 0.29) is 5.43 Å². The minimum absolute atomic E-state index is 0.0437. The summed E-state index contributed by atoms with van der Waals surface area (Å²) in [6, 6.07) is 9.24. The second kappa shape index (κ2) is 4.45. The Morgan fingerprint density at radius 1 is 1.18 bits per heavy atom. The van der Waals surface area contributed by atoms with E-state index in [0.717, 1.165) is 28.3 Å². The topological polar surface area (TPSA) is 42.1 Å². The molecule has 3 nitrogen and oxygen atoms in total. The summed E-state index contributed by atoms with van der Waals surface area (Å²) in [4.78, 5) is 15.0. The second-order valence-electron chi connectivity index (χ2n) is 4.00. The molecular formula is C14H15NO2. The van der Waals surface area contributed by atoms with E-state index in [0.29, 0.717) is 0 Å². The Bertz CT molecular complexity index is 599. The maximum absolute atomic E-state index is 11.8. The average Bonchev–Trinajstić information content (AvgIpc) is 2.35. The number of aromatic amines is 1. The van der Waals surface area contributed by atoms with Gasteiger partial charge in [0.15, 0.2) is 5.43 Å². The zero-order valence-corrected chi connectivity index (χ0v) is 10.2. The van der Waals surface area contributed by atoms with Gasteiger partial charge in [-0.15, -0.1) is 0 Å². The van der Waals surface area contributed by atoms with Crippen LogP contribution in [-0.2, 0) is 0 Å². The van der Waals surface area contributed by atoms with E-state index < -0.39 is 0 Å². The third-order valence-electron chi connectivity index (χ3n) is 2.93. The molecule has 3 heteroatoms. The first-order chi connectivity index (χ1) is 8.13. The molecule has 0 fully saturated rings. The lowest BCUT2D eigenvalue weighted by molar-refractivity contribution is 0.416. The van der Waals surface area contributed by atoms with Crippen LogP contribution in [-0.4, -0.2) is 12.1 Å². The van der Waals surface area contributed by atoms with E-state index in [4.69, 9.17) is 4.74 Å². The Labute approximate surface area is 100 Å². The standard InChI is InChI=1S/C14H15NO2/c1-9-10(2)15-12(8-13(9)16)11-6-4-5-7-14(11)17-3/h4-8H,1-3H3,(H,15,16). The van der Waals surface area contributed by atoms with Crippen LogP contribution in [0, 0.1) is 13.8 Å². The molecule has 0 saturated heterocycles. The molecule has 0 amide bonds. The molecular weight excluding hydrogens is 214 g/mol. The van der Waals surface area contributed by atoms with E-state index in [2.05, 4.69) is 4.98 Å². The number of benzene rings is 1. The van der Waals surface area contributed by atoms with Gasteiger partial charge in [-0.3, -0.25) is 4.79 Å². The molecule has 0 saturated carbocycles. The summed E-state index contributed by atoms with van der Waals surface area (Å²) in [5.41, 5.74) is 3.37. The predicted octanol–water partition coefficient (Wildman–Crippen LogP) is 2.67. The van der Waals surface area contributed by atoms with Crippen molar-refractivity contribution in [3.8, 4) is 17.0 Å². The fraction of sp³-hybridized carbons (Fsp3) is 0.214. The van der Waals surface area contributed by atoms with Crippen LogP contribution in [0.4, 0.5) is 0 Å². The highest BCUT2D eigenvalue weighted by molar-refractivity contribution is 5.67. The first kappa shape index (κ1) is 11.5. The quantitative estimate of drug-likeness (QED) is 0.860. The highest BCUT2D eigenvalue weighted by atomic mass is 16.5. The van der Waals surface area contributed by atoms with Crippen molar-refractivity contribution in [3.05, 3.63) is 51.8 Å². The van der Waals surface area contributed by atoms with Crippen molar-refractivity contribution < 1.29 is 4.74 Å². The van der Waals surface area contributed by atoms with Gasteiger partial charge >= 0.3 is 0 Å². The molecule has 2 aromatic rings. The van der Waals surface area contributed by atoms with Crippen molar-refractivity contribution >= 4 is 0 Å². The molecule has 2 rings (SSSR count). The highest BCUT2D eigenvalue weighted by Crippen LogP contribution is 2.27. The van der Waals surface area contributed by atoms with E-state index >= 15 is 0 Å². The zero-order valence-electron chi connectivity index (χ0n) is 10.2. The van der Waals surface area contributed by atoms with Gasteiger partial charge in [0.05, 0.1) is 12.8 Å². The summed E-state index contributed by atoms with van der Waals surface area (Å²) in [6.07, 6.45) is 0. The van der Waals surface area contributed by atoms with Crippen LogP contribution in [0.5, 0.6) is 5.75 Å². The maximum atomic E-state index is 11.8. The molecule has 0 radical (unpaired) electrons.